The normalized spacial score (nSPS) is 18.7. The number of pyridine rings is 3. The van der Waals surface area contributed by atoms with Crippen molar-refractivity contribution >= 4 is 56.8 Å². The molecule has 0 amide bonds. The van der Waals surface area contributed by atoms with E-state index in [9.17, 15) is 9.59 Å². The van der Waals surface area contributed by atoms with Crippen molar-refractivity contribution in [1.82, 2.24) is 44.7 Å². The van der Waals surface area contributed by atoms with Gasteiger partial charge in [-0.1, -0.05) is 0 Å². The number of nitrogens with one attached hydrogen (secondary N) is 4. The highest BCUT2D eigenvalue weighted by Gasteiger charge is 2.29. The first-order chi connectivity index (χ1) is 27.9. The van der Waals surface area contributed by atoms with E-state index in [1.54, 1.807) is 29.1 Å². The summed E-state index contributed by atoms with van der Waals surface area (Å²) in [7, 11) is 0. The maximum Gasteiger partial charge on any atom is 0.251 e. The van der Waals surface area contributed by atoms with Crippen LogP contribution in [-0.4, -0.2) is 86.4 Å². The van der Waals surface area contributed by atoms with E-state index < -0.39 is 0 Å². The molecule has 2 atom stereocenters. The van der Waals surface area contributed by atoms with Crippen LogP contribution in [0.25, 0.3) is 22.1 Å². The lowest BCUT2D eigenvalue weighted by molar-refractivity contribution is 0.475. The molecule has 9 rings (SSSR count). The first-order valence-corrected chi connectivity index (χ1v) is 20.2. The number of fused-ring (bicyclic) bond motifs is 2. The third-order valence-electron chi connectivity index (χ3n) is 11.7. The maximum absolute atomic E-state index is 13.6. The molecule has 5 aromatic heterocycles. The van der Waals surface area contributed by atoms with Crippen LogP contribution in [0.15, 0.2) is 76.7 Å². The standard InChI is InChI=1S/C42H49N13O2/c1-3-54-34-25-46-42(49-36-11-10-33(24-45-36)53-18-14-44-15-19-53)51-40(34)29(23-37(54)56)21-28-4-7-32(22-28)55-35-26-47-41(50-39(35)27(2)20-38(55)57)48-30-5-8-31(9-6-30)52-16-12-43-13-17-52/h5-6,8-11,20,23-26,28,32,43-44H,3-4,7,12-19,21-22H2,1-2H3,(H,47,48,50)(H,45,46,49,51). The van der Waals surface area contributed by atoms with Crippen LogP contribution in [0.3, 0.4) is 0 Å². The van der Waals surface area contributed by atoms with Crippen LogP contribution >= 0.6 is 0 Å². The van der Waals surface area contributed by atoms with E-state index in [-0.39, 0.29) is 23.1 Å². The van der Waals surface area contributed by atoms with Gasteiger partial charge in [0, 0.05) is 88.5 Å². The molecule has 3 fully saturated rings. The van der Waals surface area contributed by atoms with Gasteiger partial charge in [-0.05, 0) is 93.0 Å². The summed E-state index contributed by atoms with van der Waals surface area (Å²) in [5.41, 5.74) is 7.73. The Labute approximate surface area is 330 Å². The molecule has 1 saturated carbocycles. The number of rotatable bonds is 10. The Morgan fingerprint density at radius 2 is 1.39 bits per heavy atom. The Morgan fingerprint density at radius 3 is 2.09 bits per heavy atom. The van der Waals surface area contributed by atoms with Gasteiger partial charge in [0.1, 0.15) is 5.82 Å². The molecular formula is C42H49N13O2. The molecule has 6 aromatic rings. The predicted octanol–water partition coefficient (Wildman–Crippen LogP) is 4.51. The third-order valence-corrected chi connectivity index (χ3v) is 11.7. The smallest absolute Gasteiger partial charge is 0.251 e. The topological polar surface area (TPSA) is 163 Å². The Morgan fingerprint density at radius 1 is 0.719 bits per heavy atom. The molecule has 15 heteroatoms. The lowest BCUT2D eigenvalue weighted by Gasteiger charge is -2.29. The van der Waals surface area contributed by atoms with Gasteiger partial charge in [-0.3, -0.25) is 9.59 Å². The molecule has 7 heterocycles. The molecule has 15 nitrogen and oxygen atoms in total. The monoisotopic (exact) mass is 767 g/mol. The minimum Gasteiger partial charge on any atom is -0.369 e. The van der Waals surface area contributed by atoms with Gasteiger partial charge in [-0.2, -0.15) is 0 Å². The second kappa shape index (κ2) is 15.9. The van der Waals surface area contributed by atoms with E-state index in [1.807, 2.05) is 30.7 Å². The number of hydrogen-bond donors (Lipinski definition) is 4. The van der Waals surface area contributed by atoms with E-state index in [4.69, 9.17) is 9.97 Å². The Kier molecular flexibility index (Phi) is 10.2. The minimum absolute atomic E-state index is 0.0186. The van der Waals surface area contributed by atoms with E-state index >= 15 is 0 Å². The molecule has 294 valence electrons. The van der Waals surface area contributed by atoms with Gasteiger partial charge in [0.05, 0.1) is 46.3 Å². The predicted molar refractivity (Wildman–Crippen MR) is 225 cm³/mol. The molecule has 2 aliphatic heterocycles. The van der Waals surface area contributed by atoms with Crippen molar-refractivity contribution in [1.29, 1.82) is 0 Å². The lowest BCUT2D eigenvalue weighted by Crippen LogP contribution is -2.43. The summed E-state index contributed by atoms with van der Waals surface area (Å²) in [6.07, 6.45) is 8.59. The molecule has 0 spiro atoms. The number of benzene rings is 1. The van der Waals surface area contributed by atoms with E-state index in [0.717, 1.165) is 111 Å². The van der Waals surface area contributed by atoms with Crippen molar-refractivity contribution in [3.63, 3.8) is 0 Å². The highest BCUT2D eigenvalue weighted by molar-refractivity contribution is 5.80. The Balaban J connectivity index is 0.930. The number of anilines is 6. The van der Waals surface area contributed by atoms with Crippen LogP contribution in [0.1, 0.15) is 43.4 Å². The summed E-state index contributed by atoms with van der Waals surface area (Å²) in [5.74, 6) is 1.81. The van der Waals surface area contributed by atoms with Gasteiger partial charge in [0.25, 0.3) is 11.1 Å². The largest absolute Gasteiger partial charge is 0.369 e. The highest BCUT2D eigenvalue weighted by atomic mass is 16.1. The summed E-state index contributed by atoms with van der Waals surface area (Å²) in [5, 5.41) is 13.4. The van der Waals surface area contributed by atoms with Crippen LogP contribution < -0.4 is 42.2 Å². The maximum atomic E-state index is 13.6. The number of hydrogen-bond acceptors (Lipinski definition) is 13. The van der Waals surface area contributed by atoms with Crippen LogP contribution in [0.5, 0.6) is 0 Å². The van der Waals surface area contributed by atoms with Crippen molar-refractivity contribution in [2.75, 3.05) is 72.8 Å². The lowest BCUT2D eigenvalue weighted by atomic mass is 9.97. The van der Waals surface area contributed by atoms with Crippen molar-refractivity contribution < 1.29 is 0 Å². The summed E-state index contributed by atoms with van der Waals surface area (Å²) in [6.45, 7) is 12.2. The zero-order valence-corrected chi connectivity index (χ0v) is 32.5. The molecule has 1 aromatic carbocycles. The van der Waals surface area contributed by atoms with Crippen LogP contribution in [0.4, 0.5) is 34.8 Å². The fraction of sp³-hybridized carbons (Fsp3) is 0.405. The first-order valence-electron chi connectivity index (χ1n) is 20.2. The average molecular weight is 768 g/mol. The van der Waals surface area contributed by atoms with Gasteiger partial charge in [0.2, 0.25) is 11.9 Å². The zero-order valence-electron chi connectivity index (χ0n) is 32.5. The highest BCUT2D eigenvalue weighted by Crippen LogP contribution is 2.38. The van der Waals surface area contributed by atoms with E-state index in [0.29, 0.717) is 36.2 Å². The van der Waals surface area contributed by atoms with Gasteiger partial charge < -0.3 is 40.2 Å². The zero-order chi connectivity index (χ0) is 38.9. The van der Waals surface area contributed by atoms with Crippen molar-refractivity contribution in [3.05, 3.63) is 99.0 Å². The van der Waals surface area contributed by atoms with Crippen molar-refractivity contribution in [2.24, 2.45) is 5.92 Å². The van der Waals surface area contributed by atoms with Crippen LogP contribution in [0, 0.1) is 12.8 Å². The molecule has 3 aliphatic rings. The molecule has 57 heavy (non-hydrogen) atoms. The molecule has 2 saturated heterocycles. The van der Waals surface area contributed by atoms with Crippen molar-refractivity contribution in [2.45, 2.75) is 52.1 Å². The molecule has 1 aliphatic carbocycles. The van der Waals surface area contributed by atoms with Crippen molar-refractivity contribution in [3.8, 4) is 0 Å². The summed E-state index contributed by atoms with van der Waals surface area (Å²) >= 11 is 0. The van der Waals surface area contributed by atoms with Gasteiger partial charge >= 0.3 is 0 Å². The van der Waals surface area contributed by atoms with Gasteiger partial charge in [-0.15, -0.1) is 0 Å². The van der Waals surface area contributed by atoms with E-state index in [2.05, 4.69) is 76.4 Å². The Bertz CT molecular complexity index is 2510. The van der Waals surface area contributed by atoms with Gasteiger partial charge in [0.15, 0.2) is 0 Å². The number of aryl methyl sites for hydroxylation is 2. The minimum atomic E-state index is -0.0678. The Hall–Kier alpha value is -5.93. The molecule has 4 N–H and O–H groups in total. The first kappa shape index (κ1) is 36.7. The second-order valence-corrected chi connectivity index (χ2v) is 15.4. The fourth-order valence-electron chi connectivity index (χ4n) is 8.76. The summed E-state index contributed by atoms with van der Waals surface area (Å²) in [6, 6.07) is 15.8. The summed E-state index contributed by atoms with van der Waals surface area (Å²) < 4.78 is 3.59. The summed E-state index contributed by atoms with van der Waals surface area (Å²) in [4.78, 5) is 55.4. The molecule has 0 radical (unpaired) electrons. The molecular weight excluding hydrogens is 719 g/mol. The van der Waals surface area contributed by atoms with E-state index in [1.165, 1.54) is 5.69 Å². The number of nitrogens with zero attached hydrogens (tertiary/aromatic N) is 9. The number of piperazine rings is 2. The average Bonchev–Trinajstić information content (AvgIpc) is 3.70. The fourth-order valence-corrected chi connectivity index (χ4v) is 8.76. The third kappa shape index (κ3) is 7.64. The number of aromatic nitrogens is 7. The van der Waals surface area contributed by atoms with Crippen LogP contribution in [0.2, 0.25) is 0 Å². The van der Waals surface area contributed by atoms with Gasteiger partial charge in [-0.25, -0.2) is 24.9 Å². The molecule has 0 bridgehead atoms. The van der Waals surface area contributed by atoms with Crippen LogP contribution in [-0.2, 0) is 13.0 Å². The quantitative estimate of drug-likeness (QED) is 0.154. The molecule has 2 unspecified atom stereocenters. The SMILES string of the molecule is CCn1c(=O)cc(CC2CCC(n3c(=O)cc(C)c4nc(Nc5ccc(N6CCNCC6)cc5)ncc43)C2)c2nc(Nc3ccc(N4CCNCC4)cn3)ncc21. The second-order valence-electron chi connectivity index (χ2n) is 15.4.